The van der Waals surface area contributed by atoms with Crippen LogP contribution in [0.3, 0.4) is 0 Å². The Morgan fingerprint density at radius 2 is 2.32 bits per heavy atom. The molecule has 2 fully saturated rings. The van der Waals surface area contributed by atoms with E-state index in [-0.39, 0.29) is 0 Å². The Balaban J connectivity index is 1.44. The molecule has 3 nitrogen and oxygen atoms in total. The number of likely N-dealkylation sites (N-methyl/N-ethyl adjacent to an activating group) is 1. The van der Waals surface area contributed by atoms with Gasteiger partial charge >= 0.3 is 0 Å². The SMILES string of the molecule is CN(CC1CC1)CC1CN(Cc2cccs2)CCO1. The summed E-state index contributed by atoms with van der Waals surface area (Å²) in [7, 11) is 2.24. The lowest BCUT2D eigenvalue weighted by molar-refractivity contribution is -0.0431. The van der Waals surface area contributed by atoms with Gasteiger partial charge in [-0.2, -0.15) is 0 Å². The van der Waals surface area contributed by atoms with Crippen molar-refractivity contribution in [2.45, 2.75) is 25.5 Å². The van der Waals surface area contributed by atoms with Gasteiger partial charge in [0.05, 0.1) is 12.7 Å². The van der Waals surface area contributed by atoms with Crippen molar-refractivity contribution in [3.05, 3.63) is 22.4 Å². The van der Waals surface area contributed by atoms with E-state index < -0.39 is 0 Å². The number of ether oxygens (including phenoxy) is 1. The maximum absolute atomic E-state index is 5.92. The zero-order valence-electron chi connectivity index (χ0n) is 11.8. The van der Waals surface area contributed by atoms with Gasteiger partial charge in [0.2, 0.25) is 0 Å². The second-order valence-corrected chi connectivity index (χ2v) is 7.00. The molecule has 1 unspecified atom stereocenters. The van der Waals surface area contributed by atoms with Crippen LogP contribution in [0.5, 0.6) is 0 Å². The summed E-state index contributed by atoms with van der Waals surface area (Å²) in [5.74, 6) is 0.968. The van der Waals surface area contributed by atoms with Gasteiger partial charge in [-0.1, -0.05) is 6.07 Å². The zero-order chi connectivity index (χ0) is 13.1. The molecule has 4 heteroatoms. The molecular formula is C15H24N2OS. The molecule has 106 valence electrons. The Kier molecular flexibility index (Phi) is 4.53. The maximum atomic E-state index is 5.92. The molecule has 1 aliphatic heterocycles. The van der Waals surface area contributed by atoms with E-state index in [1.807, 2.05) is 11.3 Å². The summed E-state index contributed by atoms with van der Waals surface area (Å²) in [6.45, 7) is 6.45. The molecule has 0 aromatic carbocycles. The number of hydrogen-bond acceptors (Lipinski definition) is 4. The fourth-order valence-electron chi connectivity index (χ4n) is 2.82. The summed E-state index contributed by atoms with van der Waals surface area (Å²) < 4.78 is 5.92. The molecule has 0 bridgehead atoms. The highest BCUT2D eigenvalue weighted by molar-refractivity contribution is 7.09. The van der Waals surface area contributed by atoms with Crippen molar-refractivity contribution >= 4 is 11.3 Å². The van der Waals surface area contributed by atoms with Crippen LogP contribution in [0, 0.1) is 5.92 Å². The molecule has 3 rings (SSSR count). The van der Waals surface area contributed by atoms with Crippen molar-refractivity contribution in [2.75, 3.05) is 39.8 Å². The predicted molar refractivity (Wildman–Crippen MR) is 79.6 cm³/mol. The van der Waals surface area contributed by atoms with Crippen LogP contribution in [0.1, 0.15) is 17.7 Å². The van der Waals surface area contributed by atoms with Crippen LogP contribution < -0.4 is 0 Å². The Hall–Kier alpha value is -0.420. The minimum absolute atomic E-state index is 0.387. The average molecular weight is 280 g/mol. The Labute approximate surface area is 120 Å². The first-order valence-corrected chi connectivity index (χ1v) is 8.22. The van der Waals surface area contributed by atoms with Crippen LogP contribution in [0.2, 0.25) is 0 Å². The molecule has 0 amide bonds. The van der Waals surface area contributed by atoms with Crippen molar-refractivity contribution < 1.29 is 4.74 Å². The standard InChI is InChI=1S/C15H24N2OS/c1-16(9-13-4-5-13)10-14-11-17(6-7-18-14)12-15-3-2-8-19-15/h2-3,8,13-14H,4-7,9-12H2,1H3. The lowest BCUT2D eigenvalue weighted by atomic mass is 10.2. The van der Waals surface area contributed by atoms with E-state index in [2.05, 4.69) is 34.4 Å². The average Bonchev–Trinajstić information content (AvgIpc) is 3.04. The fraction of sp³-hybridized carbons (Fsp3) is 0.733. The molecule has 0 spiro atoms. The smallest absolute Gasteiger partial charge is 0.0829 e. The van der Waals surface area contributed by atoms with E-state index in [9.17, 15) is 0 Å². The van der Waals surface area contributed by atoms with Gasteiger partial charge in [-0.15, -0.1) is 11.3 Å². The second kappa shape index (κ2) is 6.35. The second-order valence-electron chi connectivity index (χ2n) is 5.97. The van der Waals surface area contributed by atoms with Crippen LogP contribution in [0.25, 0.3) is 0 Å². The summed E-state index contributed by atoms with van der Waals surface area (Å²) in [6.07, 6.45) is 3.25. The lowest BCUT2D eigenvalue weighted by Crippen LogP contribution is -2.46. The minimum Gasteiger partial charge on any atom is -0.374 e. The molecule has 1 atom stereocenters. The Bertz CT molecular complexity index is 378. The summed E-state index contributed by atoms with van der Waals surface area (Å²) in [4.78, 5) is 6.45. The van der Waals surface area contributed by atoms with Gasteiger partial charge in [0.15, 0.2) is 0 Å². The molecule has 0 N–H and O–H groups in total. The summed E-state index contributed by atoms with van der Waals surface area (Å²) in [5, 5.41) is 2.16. The molecule has 2 aliphatic rings. The first kappa shape index (κ1) is 13.6. The van der Waals surface area contributed by atoms with Crippen LogP contribution in [0.15, 0.2) is 17.5 Å². The van der Waals surface area contributed by atoms with Gasteiger partial charge < -0.3 is 9.64 Å². The highest BCUT2D eigenvalue weighted by atomic mass is 32.1. The van der Waals surface area contributed by atoms with E-state index in [4.69, 9.17) is 4.74 Å². The third kappa shape index (κ3) is 4.28. The zero-order valence-corrected chi connectivity index (χ0v) is 12.6. The van der Waals surface area contributed by atoms with E-state index in [1.165, 1.54) is 24.3 Å². The highest BCUT2D eigenvalue weighted by Crippen LogP contribution is 2.29. The first-order valence-electron chi connectivity index (χ1n) is 7.34. The third-order valence-corrected chi connectivity index (χ3v) is 4.83. The van der Waals surface area contributed by atoms with Gasteiger partial charge in [-0.05, 0) is 37.3 Å². The van der Waals surface area contributed by atoms with Crippen molar-refractivity contribution in [1.29, 1.82) is 0 Å². The summed E-state index contributed by atoms with van der Waals surface area (Å²) >= 11 is 1.86. The quantitative estimate of drug-likeness (QED) is 0.795. The molecular weight excluding hydrogens is 256 g/mol. The monoisotopic (exact) mass is 280 g/mol. The molecule has 1 saturated carbocycles. The van der Waals surface area contributed by atoms with Gasteiger partial charge in [0, 0.05) is 37.6 Å². The van der Waals surface area contributed by atoms with Crippen molar-refractivity contribution in [2.24, 2.45) is 5.92 Å². The van der Waals surface area contributed by atoms with E-state index in [0.717, 1.165) is 38.7 Å². The number of hydrogen-bond donors (Lipinski definition) is 0. The van der Waals surface area contributed by atoms with Gasteiger partial charge in [-0.25, -0.2) is 0 Å². The maximum Gasteiger partial charge on any atom is 0.0829 e. The lowest BCUT2D eigenvalue weighted by Gasteiger charge is -2.34. The third-order valence-electron chi connectivity index (χ3n) is 3.96. The molecule has 0 radical (unpaired) electrons. The molecule has 1 aromatic heterocycles. The van der Waals surface area contributed by atoms with Gasteiger partial charge in [0.25, 0.3) is 0 Å². The van der Waals surface area contributed by atoms with Crippen molar-refractivity contribution in [3.8, 4) is 0 Å². The van der Waals surface area contributed by atoms with E-state index in [1.54, 1.807) is 0 Å². The van der Waals surface area contributed by atoms with Crippen LogP contribution >= 0.6 is 11.3 Å². The number of morpholine rings is 1. The van der Waals surface area contributed by atoms with Gasteiger partial charge in [-0.3, -0.25) is 4.90 Å². The van der Waals surface area contributed by atoms with Crippen LogP contribution in [-0.4, -0.2) is 55.7 Å². The number of nitrogens with zero attached hydrogens (tertiary/aromatic N) is 2. The largest absolute Gasteiger partial charge is 0.374 e. The minimum atomic E-state index is 0.387. The normalized spacial score (nSPS) is 25.1. The topological polar surface area (TPSA) is 15.7 Å². The molecule has 1 saturated heterocycles. The van der Waals surface area contributed by atoms with Crippen molar-refractivity contribution in [3.63, 3.8) is 0 Å². The number of thiophene rings is 1. The predicted octanol–water partition coefficient (Wildman–Crippen LogP) is 2.29. The number of rotatable bonds is 6. The van der Waals surface area contributed by atoms with E-state index >= 15 is 0 Å². The Morgan fingerprint density at radius 3 is 3.05 bits per heavy atom. The molecule has 1 aliphatic carbocycles. The molecule has 19 heavy (non-hydrogen) atoms. The molecule has 2 heterocycles. The van der Waals surface area contributed by atoms with Crippen molar-refractivity contribution in [1.82, 2.24) is 9.80 Å². The fourth-order valence-corrected chi connectivity index (χ4v) is 3.57. The first-order chi connectivity index (χ1) is 9.29. The van der Waals surface area contributed by atoms with Crippen LogP contribution in [0.4, 0.5) is 0 Å². The van der Waals surface area contributed by atoms with Gasteiger partial charge in [0.1, 0.15) is 0 Å². The summed E-state index contributed by atoms with van der Waals surface area (Å²) in [6, 6.07) is 4.37. The molecule has 1 aromatic rings. The van der Waals surface area contributed by atoms with E-state index in [0.29, 0.717) is 6.10 Å². The highest BCUT2D eigenvalue weighted by Gasteiger charge is 2.26. The van der Waals surface area contributed by atoms with Crippen LogP contribution in [-0.2, 0) is 11.3 Å². The summed E-state index contributed by atoms with van der Waals surface area (Å²) in [5.41, 5.74) is 0. The Morgan fingerprint density at radius 1 is 1.42 bits per heavy atom.